The summed E-state index contributed by atoms with van der Waals surface area (Å²) in [5, 5.41) is 0. The van der Waals surface area contributed by atoms with E-state index in [-0.39, 0.29) is 3.79 Å². The second-order valence-corrected chi connectivity index (χ2v) is 3.90. The van der Waals surface area contributed by atoms with Crippen molar-refractivity contribution in [3.8, 4) is 0 Å². The van der Waals surface area contributed by atoms with Crippen LogP contribution >= 0.6 is 22.6 Å². The van der Waals surface area contributed by atoms with Gasteiger partial charge in [0.05, 0.1) is 6.54 Å². The van der Waals surface area contributed by atoms with E-state index in [4.69, 9.17) is 0 Å². The zero-order valence-electron chi connectivity index (χ0n) is 5.98. The van der Waals surface area contributed by atoms with Gasteiger partial charge in [-0.25, -0.2) is 0 Å². The van der Waals surface area contributed by atoms with Gasteiger partial charge in [-0.05, 0) is 25.9 Å². The first kappa shape index (κ1) is 8.46. The molecule has 0 N–H and O–H groups in total. The summed E-state index contributed by atoms with van der Waals surface area (Å²) in [7, 11) is 0. The van der Waals surface area contributed by atoms with Crippen LogP contribution in [0.5, 0.6) is 0 Å². The summed E-state index contributed by atoms with van der Waals surface area (Å²) in [6.07, 6.45) is 3.87. The van der Waals surface area contributed by atoms with Crippen molar-refractivity contribution in [3.63, 3.8) is 0 Å². The van der Waals surface area contributed by atoms with E-state index in [1.807, 2.05) is 22.6 Å². The summed E-state index contributed by atoms with van der Waals surface area (Å²) in [5.74, 6) is 0. The summed E-state index contributed by atoms with van der Waals surface area (Å²) in [4.78, 5) is 12.9. The minimum Gasteiger partial charge on any atom is -0.295 e. The first-order valence-corrected chi connectivity index (χ1v) is 4.77. The van der Waals surface area contributed by atoms with E-state index >= 15 is 0 Å². The Morgan fingerprint density at radius 3 is 2.40 bits per heavy atom. The van der Waals surface area contributed by atoms with Crippen molar-refractivity contribution in [2.24, 2.45) is 0 Å². The highest BCUT2D eigenvalue weighted by Gasteiger charge is 2.11. The Morgan fingerprint density at radius 1 is 1.30 bits per heavy atom. The molecule has 0 unspecified atom stereocenters. The van der Waals surface area contributed by atoms with Crippen molar-refractivity contribution in [2.75, 3.05) is 19.6 Å². The molecule has 0 saturated carbocycles. The molecule has 1 fully saturated rings. The molecule has 0 aliphatic carbocycles. The molecule has 0 spiro atoms. The molecule has 0 aromatic carbocycles. The average Bonchev–Trinajstić information content (AvgIpc) is 1.88. The number of nitrogens with zero attached hydrogens (tertiary/aromatic N) is 1. The standard InChI is InChI=1S/C7H12INO/c8-7(10)6-9-4-2-1-3-5-9/h1-6H2. The molecule has 0 aromatic heterocycles. The van der Waals surface area contributed by atoms with E-state index < -0.39 is 0 Å². The van der Waals surface area contributed by atoms with E-state index in [0.29, 0.717) is 6.54 Å². The highest BCUT2D eigenvalue weighted by atomic mass is 127. The minimum atomic E-state index is 0.263. The molecule has 0 radical (unpaired) electrons. The van der Waals surface area contributed by atoms with Crippen molar-refractivity contribution in [3.05, 3.63) is 0 Å². The lowest BCUT2D eigenvalue weighted by atomic mass is 10.1. The van der Waals surface area contributed by atoms with Gasteiger partial charge in [-0.1, -0.05) is 6.42 Å². The Labute approximate surface area is 75.1 Å². The number of carbonyl (C=O) groups is 1. The predicted molar refractivity (Wildman–Crippen MR) is 49.3 cm³/mol. The van der Waals surface area contributed by atoms with Crippen LogP contribution in [-0.2, 0) is 4.79 Å². The fraction of sp³-hybridized carbons (Fsp3) is 0.857. The Balaban J connectivity index is 2.19. The van der Waals surface area contributed by atoms with Gasteiger partial charge >= 0.3 is 0 Å². The normalized spacial score (nSPS) is 20.9. The van der Waals surface area contributed by atoms with Crippen molar-refractivity contribution in [1.29, 1.82) is 0 Å². The fourth-order valence-electron chi connectivity index (χ4n) is 1.29. The van der Waals surface area contributed by atoms with Crippen LogP contribution in [0.25, 0.3) is 0 Å². The largest absolute Gasteiger partial charge is 0.295 e. The van der Waals surface area contributed by atoms with Crippen molar-refractivity contribution in [2.45, 2.75) is 19.3 Å². The Morgan fingerprint density at radius 2 is 1.90 bits per heavy atom. The zero-order chi connectivity index (χ0) is 7.40. The van der Waals surface area contributed by atoms with Crippen LogP contribution in [-0.4, -0.2) is 28.3 Å². The van der Waals surface area contributed by atoms with Gasteiger partial charge in [-0.3, -0.25) is 9.69 Å². The zero-order valence-corrected chi connectivity index (χ0v) is 8.13. The lowest BCUT2D eigenvalue weighted by molar-refractivity contribution is -0.110. The van der Waals surface area contributed by atoms with Gasteiger partial charge in [-0.15, -0.1) is 0 Å². The lowest BCUT2D eigenvalue weighted by Gasteiger charge is -2.24. The van der Waals surface area contributed by atoms with Gasteiger partial charge in [0.15, 0.2) is 0 Å². The molecule has 3 heteroatoms. The summed E-state index contributed by atoms with van der Waals surface area (Å²) < 4.78 is 0.263. The number of rotatable bonds is 2. The van der Waals surface area contributed by atoms with Gasteiger partial charge in [0.1, 0.15) is 0 Å². The summed E-state index contributed by atoms with van der Waals surface area (Å²) in [5.41, 5.74) is 0. The third-order valence-corrected chi connectivity index (χ3v) is 2.14. The van der Waals surface area contributed by atoms with E-state index in [0.717, 1.165) is 13.1 Å². The molecule has 0 amide bonds. The predicted octanol–water partition coefficient (Wildman–Crippen LogP) is 1.43. The van der Waals surface area contributed by atoms with Gasteiger partial charge in [0.25, 0.3) is 0 Å². The fourth-order valence-corrected chi connectivity index (χ4v) is 1.78. The van der Waals surface area contributed by atoms with Crippen LogP contribution in [0.3, 0.4) is 0 Å². The maximum atomic E-state index is 10.7. The monoisotopic (exact) mass is 253 g/mol. The average molecular weight is 253 g/mol. The van der Waals surface area contributed by atoms with Crippen LogP contribution in [0, 0.1) is 0 Å². The molecule has 1 saturated heterocycles. The van der Waals surface area contributed by atoms with Crippen molar-refractivity contribution >= 4 is 26.4 Å². The highest BCUT2D eigenvalue weighted by molar-refractivity contribution is 14.1. The summed E-state index contributed by atoms with van der Waals surface area (Å²) in [6.45, 7) is 2.89. The smallest absolute Gasteiger partial charge is 0.206 e. The first-order valence-electron chi connectivity index (χ1n) is 3.70. The van der Waals surface area contributed by atoms with Crippen molar-refractivity contribution < 1.29 is 4.79 Å². The van der Waals surface area contributed by atoms with E-state index in [1.54, 1.807) is 0 Å². The second-order valence-electron chi connectivity index (χ2n) is 2.69. The van der Waals surface area contributed by atoms with E-state index in [2.05, 4.69) is 4.90 Å². The summed E-state index contributed by atoms with van der Waals surface area (Å²) in [6, 6.07) is 0. The molecule has 1 aliphatic heterocycles. The highest BCUT2D eigenvalue weighted by Crippen LogP contribution is 2.08. The Kier molecular flexibility index (Phi) is 3.62. The number of carbonyl (C=O) groups excluding carboxylic acids is 1. The lowest BCUT2D eigenvalue weighted by Crippen LogP contribution is -2.32. The molecule has 0 aromatic rings. The SMILES string of the molecule is O=C(I)CN1CCCCC1. The maximum Gasteiger partial charge on any atom is 0.206 e. The third-order valence-electron chi connectivity index (χ3n) is 1.80. The number of hydrogen-bond acceptors (Lipinski definition) is 2. The number of halogens is 1. The Hall–Kier alpha value is 0.360. The molecule has 1 heterocycles. The maximum absolute atomic E-state index is 10.7. The molecular weight excluding hydrogens is 241 g/mol. The van der Waals surface area contributed by atoms with Gasteiger partial charge in [0, 0.05) is 22.6 Å². The van der Waals surface area contributed by atoms with Crippen LogP contribution in [0.2, 0.25) is 0 Å². The minimum absolute atomic E-state index is 0.263. The van der Waals surface area contributed by atoms with E-state index in [9.17, 15) is 4.79 Å². The molecule has 0 bridgehead atoms. The van der Waals surface area contributed by atoms with Crippen LogP contribution < -0.4 is 0 Å². The molecule has 1 rings (SSSR count). The molecule has 10 heavy (non-hydrogen) atoms. The quantitative estimate of drug-likeness (QED) is 0.548. The number of likely N-dealkylation sites (tertiary alicyclic amines) is 1. The second kappa shape index (κ2) is 4.28. The van der Waals surface area contributed by atoms with Crippen LogP contribution in [0.4, 0.5) is 0 Å². The van der Waals surface area contributed by atoms with Gasteiger partial charge in [0.2, 0.25) is 3.79 Å². The van der Waals surface area contributed by atoms with E-state index in [1.165, 1.54) is 19.3 Å². The number of hydrogen-bond donors (Lipinski definition) is 0. The third kappa shape index (κ3) is 2.96. The van der Waals surface area contributed by atoms with Crippen molar-refractivity contribution in [1.82, 2.24) is 4.90 Å². The van der Waals surface area contributed by atoms with Crippen LogP contribution in [0.15, 0.2) is 0 Å². The molecule has 0 atom stereocenters. The van der Waals surface area contributed by atoms with Gasteiger partial charge < -0.3 is 0 Å². The van der Waals surface area contributed by atoms with Crippen LogP contribution in [0.1, 0.15) is 19.3 Å². The first-order chi connectivity index (χ1) is 4.79. The topological polar surface area (TPSA) is 20.3 Å². The molecule has 2 nitrogen and oxygen atoms in total. The molecule has 58 valence electrons. The number of piperidine rings is 1. The Bertz CT molecular complexity index is 121. The molecular formula is C7H12INO. The van der Waals surface area contributed by atoms with Gasteiger partial charge in [-0.2, -0.15) is 0 Å². The molecule has 1 aliphatic rings. The summed E-state index contributed by atoms with van der Waals surface area (Å²) >= 11 is 1.86.